The quantitative estimate of drug-likeness (QED) is 0.724. The van der Waals surface area contributed by atoms with Gasteiger partial charge in [-0.15, -0.1) is 0 Å². The molecule has 5 nitrogen and oxygen atoms in total. The van der Waals surface area contributed by atoms with Crippen molar-refractivity contribution in [3.8, 4) is 0 Å². The Morgan fingerprint density at radius 2 is 2.26 bits per heavy atom. The van der Waals surface area contributed by atoms with Gasteiger partial charge in [-0.25, -0.2) is 4.79 Å². The molecule has 1 unspecified atom stereocenters. The van der Waals surface area contributed by atoms with Crippen LogP contribution in [0.2, 0.25) is 0 Å². The number of carboxylic acids is 1. The Morgan fingerprint density at radius 3 is 2.89 bits per heavy atom. The van der Waals surface area contributed by atoms with Crippen molar-refractivity contribution in [2.75, 3.05) is 31.2 Å². The molecule has 104 valence electrons. The summed E-state index contributed by atoms with van der Waals surface area (Å²) in [6.45, 7) is 3.94. The van der Waals surface area contributed by atoms with Gasteiger partial charge >= 0.3 is 5.97 Å². The third kappa shape index (κ3) is 3.17. The minimum absolute atomic E-state index is 0.173. The number of piperidine rings is 1. The van der Waals surface area contributed by atoms with Crippen LogP contribution in [0.1, 0.15) is 28.8 Å². The lowest BCUT2D eigenvalue weighted by molar-refractivity contribution is 0.0698. The molecule has 0 aromatic heterocycles. The van der Waals surface area contributed by atoms with Crippen molar-refractivity contribution in [1.82, 2.24) is 4.90 Å². The van der Waals surface area contributed by atoms with E-state index in [1.807, 2.05) is 13.0 Å². The van der Waals surface area contributed by atoms with Gasteiger partial charge < -0.3 is 21.1 Å². The second-order valence-corrected chi connectivity index (χ2v) is 5.31. The van der Waals surface area contributed by atoms with Gasteiger partial charge in [0.15, 0.2) is 0 Å². The fraction of sp³-hybridized carbons (Fsp3) is 0.500. The first-order valence-electron chi connectivity index (χ1n) is 6.56. The molecule has 0 amide bonds. The van der Waals surface area contributed by atoms with E-state index in [0.717, 1.165) is 37.2 Å². The number of aromatic carboxylic acids is 1. The summed E-state index contributed by atoms with van der Waals surface area (Å²) in [6.07, 6.45) is 2.27. The summed E-state index contributed by atoms with van der Waals surface area (Å²) in [4.78, 5) is 13.4. The van der Waals surface area contributed by atoms with Gasteiger partial charge in [0, 0.05) is 24.0 Å². The summed E-state index contributed by atoms with van der Waals surface area (Å²) in [5.41, 5.74) is 7.94. The highest BCUT2D eigenvalue weighted by molar-refractivity contribution is 5.95. The number of hydrogen-bond donors (Lipinski definition) is 3. The summed E-state index contributed by atoms with van der Waals surface area (Å²) in [5.74, 6) is -0.981. The maximum absolute atomic E-state index is 11.2. The highest BCUT2D eigenvalue weighted by atomic mass is 16.4. The Bertz CT molecular complexity index is 488. The van der Waals surface area contributed by atoms with Crippen LogP contribution in [0, 0.1) is 6.92 Å². The molecule has 1 saturated heterocycles. The van der Waals surface area contributed by atoms with E-state index in [-0.39, 0.29) is 5.56 Å². The number of hydrogen-bond acceptors (Lipinski definition) is 4. The summed E-state index contributed by atoms with van der Waals surface area (Å²) < 4.78 is 0. The number of likely N-dealkylation sites (tertiary alicyclic amines) is 1. The van der Waals surface area contributed by atoms with Gasteiger partial charge in [-0.1, -0.05) is 0 Å². The van der Waals surface area contributed by atoms with Crippen LogP contribution in [-0.4, -0.2) is 42.2 Å². The van der Waals surface area contributed by atoms with Crippen LogP contribution in [0.3, 0.4) is 0 Å². The fourth-order valence-electron chi connectivity index (χ4n) is 2.58. The maximum atomic E-state index is 11.2. The fourth-order valence-corrected chi connectivity index (χ4v) is 2.58. The van der Waals surface area contributed by atoms with Crippen LogP contribution in [-0.2, 0) is 0 Å². The third-order valence-corrected chi connectivity index (χ3v) is 3.61. The maximum Gasteiger partial charge on any atom is 0.337 e. The van der Waals surface area contributed by atoms with Crippen LogP contribution >= 0.6 is 0 Å². The van der Waals surface area contributed by atoms with E-state index in [2.05, 4.69) is 17.3 Å². The van der Waals surface area contributed by atoms with Gasteiger partial charge in [-0.3, -0.25) is 0 Å². The average Bonchev–Trinajstić information content (AvgIpc) is 2.33. The number of nitrogens with two attached hydrogens (primary N) is 1. The zero-order valence-corrected chi connectivity index (χ0v) is 11.4. The van der Waals surface area contributed by atoms with E-state index < -0.39 is 5.97 Å². The molecule has 4 N–H and O–H groups in total. The van der Waals surface area contributed by atoms with Gasteiger partial charge in [0.05, 0.1) is 5.56 Å². The van der Waals surface area contributed by atoms with Gasteiger partial charge in [0.25, 0.3) is 0 Å². The minimum atomic E-state index is -0.981. The molecule has 1 aromatic carbocycles. The summed E-state index contributed by atoms with van der Waals surface area (Å²) in [5, 5.41) is 12.6. The van der Waals surface area contributed by atoms with Crippen LogP contribution < -0.4 is 11.1 Å². The molecule has 1 atom stereocenters. The lowest BCUT2D eigenvalue weighted by Crippen LogP contribution is -2.39. The Labute approximate surface area is 113 Å². The first-order chi connectivity index (χ1) is 8.97. The topological polar surface area (TPSA) is 78.6 Å². The number of aryl methyl sites for hydroxylation is 1. The van der Waals surface area contributed by atoms with Crippen molar-refractivity contribution in [2.24, 2.45) is 0 Å². The van der Waals surface area contributed by atoms with Crippen LogP contribution in [0.5, 0.6) is 0 Å². The number of nitrogens with zero attached hydrogens (tertiary/aromatic N) is 1. The van der Waals surface area contributed by atoms with Gasteiger partial charge in [-0.2, -0.15) is 0 Å². The molecular weight excluding hydrogens is 242 g/mol. The highest BCUT2D eigenvalue weighted by Gasteiger charge is 2.18. The smallest absolute Gasteiger partial charge is 0.337 e. The van der Waals surface area contributed by atoms with Gasteiger partial charge in [0.1, 0.15) is 0 Å². The minimum Gasteiger partial charge on any atom is -0.478 e. The zero-order valence-electron chi connectivity index (χ0n) is 11.4. The van der Waals surface area contributed by atoms with Crippen LogP contribution in [0.25, 0.3) is 0 Å². The first-order valence-corrected chi connectivity index (χ1v) is 6.56. The van der Waals surface area contributed by atoms with Crippen molar-refractivity contribution in [3.63, 3.8) is 0 Å². The van der Waals surface area contributed by atoms with Gasteiger partial charge in [0.2, 0.25) is 0 Å². The third-order valence-electron chi connectivity index (χ3n) is 3.61. The summed E-state index contributed by atoms with van der Waals surface area (Å²) >= 11 is 0. The normalized spacial score (nSPS) is 20.2. The molecule has 1 aromatic rings. The largest absolute Gasteiger partial charge is 0.478 e. The molecule has 1 heterocycles. The number of carbonyl (C=O) groups is 1. The Morgan fingerprint density at radius 1 is 1.53 bits per heavy atom. The van der Waals surface area contributed by atoms with E-state index in [4.69, 9.17) is 10.8 Å². The molecule has 1 fully saturated rings. The Balaban J connectivity index is 2.18. The van der Waals surface area contributed by atoms with Crippen molar-refractivity contribution in [3.05, 3.63) is 23.3 Å². The molecule has 0 bridgehead atoms. The van der Waals surface area contributed by atoms with Gasteiger partial charge in [-0.05, 0) is 51.1 Å². The predicted octanol–water partition coefficient (Wildman–Crippen LogP) is 1.78. The van der Waals surface area contributed by atoms with Crippen LogP contribution in [0.15, 0.2) is 12.1 Å². The molecule has 0 saturated carbocycles. The van der Waals surface area contributed by atoms with E-state index >= 15 is 0 Å². The average molecular weight is 263 g/mol. The lowest BCUT2D eigenvalue weighted by Gasteiger charge is -2.31. The molecule has 5 heteroatoms. The molecule has 19 heavy (non-hydrogen) atoms. The number of likely N-dealkylation sites (N-methyl/N-ethyl adjacent to an activating group) is 1. The van der Waals surface area contributed by atoms with Crippen molar-refractivity contribution in [1.29, 1.82) is 0 Å². The standard InChI is InChI=1S/C14H21N3O2/c1-9-6-11(7-12(13(9)15)14(18)19)16-10-4-3-5-17(2)8-10/h6-7,10,16H,3-5,8,15H2,1-2H3,(H,18,19). The van der Waals surface area contributed by atoms with E-state index in [0.29, 0.717) is 11.7 Å². The number of anilines is 2. The lowest BCUT2D eigenvalue weighted by atomic mass is 10.0. The zero-order chi connectivity index (χ0) is 14.0. The number of nitrogens with one attached hydrogen (secondary N) is 1. The van der Waals surface area contributed by atoms with E-state index in [9.17, 15) is 4.79 Å². The number of rotatable bonds is 3. The van der Waals surface area contributed by atoms with Crippen LogP contribution in [0.4, 0.5) is 11.4 Å². The Hall–Kier alpha value is -1.75. The number of benzene rings is 1. The second-order valence-electron chi connectivity index (χ2n) is 5.31. The monoisotopic (exact) mass is 263 g/mol. The molecular formula is C14H21N3O2. The molecule has 0 spiro atoms. The SMILES string of the molecule is Cc1cc(NC2CCCN(C)C2)cc(C(=O)O)c1N. The summed E-state index contributed by atoms with van der Waals surface area (Å²) in [7, 11) is 2.10. The molecule has 0 radical (unpaired) electrons. The second kappa shape index (κ2) is 5.48. The van der Waals surface area contributed by atoms with E-state index in [1.165, 1.54) is 0 Å². The first kappa shape index (κ1) is 13.7. The highest BCUT2D eigenvalue weighted by Crippen LogP contribution is 2.24. The molecule has 0 aliphatic carbocycles. The predicted molar refractivity (Wildman–Crippen MR) is 76.7 cm³/mol. The van der Waals surface area contributed by atoms with Crippen molar-refractivity contribution >= 4 is 17.3 Å². The number of nitrogen functional groups attached to an aromatic ring is 1. The molecule has 1 aliphatic rings. The molecule has 1 aliphatic heterocycles. The molecule has 2 rings (SSSR count). The summed E-state index contributed by atoms with van der Waals surface area (Å²) in [6, 6.07) is 3.90. The number of carboxylic acid groups (broad SMARTS) is 1. The Kier molecular flexibility index (Phi) is 3.95. The van der Waals surface area contributed by atoms with Crippen molar-refractivity contribution in [2.45, 2.75) is 25.8 Å². The van der Waals surface area contributed by atoms with Crippen molar-refractivity contribution < 1.29 is 9.90 Å². The van der Waals surface area contributed by atoms with E-state index in [1.54, 1.807) is 6.07 Å².